The van der Waals surface area contributed by atoms with Gasteiger partial charge in [0.05, 0.1) is 32.5 Å². The SMILES string of the molecule is COc1cc(OC)c(Cl)c(-c2cc3cnc(NCCN4CCOCC4)nc3n3cnnc23)c1. The van der Waals surface area contributed by atoms with E-state index >= 15 is 0 Å². The maximum Gasteiger partial charge on any atom is 0.224 e. The van der Waals surface area contributed by atoms with Crippen molar-refractivity contribution in [2.24, 2.45) is 0 Å². The number of morpholine rings is 1. The lowest BCUT2D eigenvalue weighted by Gasteiger charge is -2.26. The van der Waals surface area contributed by atoms with Gasteiger partial charge in [-0.1, -0.05) is 11.6 Å². The molecule has 0 spiro atoms. The van der Waals surface area contributed by atoms with Crippen molar-refractivity contribution in [2.45, 2.75) is 0 Å². The minimum absolute atomic E-state index is 0.463. The zero-order valence-electron chi connectivity index (χ0n) is 18.4. The molecule has 3 aromatic heterocycles. The summed E-state index contributed by atoms with van der Waals surface area (Å²) >= 11 is 6.65. The first kappa shape index (κ1) is 21.6. The van der Waals surface area contributed by atoms with Crippen LogP contribution >= 0.6 is 11.6 Å². The lowest BCUT2D eigenvalue weighted by molar-refractivity contribution is 0.0398. The number of benzene rings is 1. The molecular weight excluding hydrogens is 446 g/mol. The molecule has 1 saturated heterocycles. The van der Waals surface area contributed by atoms with Gasteiger partial charge in [-0.05, 0) is 12.1 Å². The predicted octanol–water partition coefficient (Wildman–Crippen LogP) is 2.75. The standard InChI is InChI=1S/C22H24ClN7O3/c1-31-15-10-16(19(23)18(11-15)32-2)17-9-14-12-25-22(24-3-4-29-5-7-33-8-6-29)27-20(14)30-13-26-28-21(17)30/h9-13H,3-8H2,1-2H3,(H,24,25,27). The molecule has 5 rings (SSSR count). The van der Waals surface area contributed by atoms with E-state index in [4.69, 9.17) is 30.8 Å². The molecule has 10 nitrogen and oxygen atoms in total. The minimum atomic E-state index is 0.463. The number of aromatic nitrogens is 5. The monoisotopic (exact) mass is 469 g/mol. The first-order chi connectivity index (χ1) is 16.2. The smallest absolute Gasteiger partial charge is 0.224 e. The van der Waals surface area contributed by atoms with Gasteiger partial charge in [0.15, 0.2) is 11.3 Å². The Balaban J connectivity index is 1.50. The second-order valence-corrected chi connectivity index (χ2v) is 8.01. The van der Waals surface area contributed by atoms with Gasteiger partial charge in [0.25, 0.3) is 0 Å². The molecular formula is C22H24ClN7O3. The highest BCUT2D eigenvalue weighted by Gasteiger charge is 2.18. The highest BCUT2D eigenvalue weighted by Crippen LogP contribution is 2.41. The molecule has 1 aromatic carbocycles. The highest BCUT2D eigenvalue weighted by atomic mass is 35.5. The van der Waals surface area contributed by atoms with Crippen molar-refractivity contribution in [1.82, 2.24) is 29.5 Å². The van der Waals surface area contributed by atoms with Crippen LogP contribution in [0, 0.1) is 0 Å². The summed E-state index contributed by atoms with van der Waals surface area (Å²) in [6.45, 7) is 5.10. The van der Waals surface area contributed by atoms with Gasteiger partial charge in [-0.25, -0.2) is 4.98 Å². The molecule has 4 aromatic rings. The van der Waals surface area contributed by atoms with Crippen LogP contribution in [0.3, 0.4) is 0 Å². The van der Waals surface area contributed by atoms with Gasteiger partial charge in [-0.15, -0.1) is 10.2 Å². The maximum atomic E-state index is 6.65. The highest BCUT2D eigenvalue weighted by molar-refractivity contribution is 6.35. The van der Waals surface area contributed by atoms with Crippen LogP contribution in [0.4, 0.5) is 5.95 Å². The summed E-state index contributed by atoms with van der Waals surface area (Å²) in [4.78, 5) is 11.6. The van der Waals surface area contributed by atoms with E-state index < -0.39 is 0 Å². The molecule has 33 heavy (non-hydrogen) atoms. The Morgan fingerprint density at radius 1 is 1.09 bits per heavy atom. The summed E-state index contributed by atoms with van der Waals surface area (Å²) < 4.78 is 18.1. The Hall–Kier alpha value is -3.21. The molecule has 0 atom stereocenters. The van der Waals surface area contributed by atoms with E-state index in [0.717, 1.165) is 55.9 Å². The molecule has 1 aliphatic rings. The van der Waals surface area contributed by atoms with Crippen LogP contribution in [0.15, 0.2) is 30.7 Å². The largest absolute Gasteiger partial charge is 0.497 e. The first-order valence-corrected chi connectivity index (χ1v) is 11.0. The van der Waals surface area contributed by atoms with E-state index in [2.05, 4.69) is 25.4 Å². The minimum Gasteiger partial charge on any atom is -0.497 e. The van der Waals surface area contributed by atoms with Crippen LogP contribution in [0.2, 0.25) is 5.02 Å². The van der Waals surface area contributed by atoms with Crippen molar-refractivity contribution in [3.8, 4) is 22.6 Å². The molecule has 1 aliphatic heterocycles. The average Bonchev–Trinajstić information content (AvgIpc) is 3.35. The van der Waals surface area contributed by atoms with Crippen molar-refractivity contribution in [3.63, 3.8) is 0 Å². The molecule has 1 N–H and O–H groups in total. The van der Waals surface area contributed by atoms with Crippen LogP contribution in [-0.4, -0.2) is 83.1 Å². The molecule has 172 valence electrons. The fourth-order valence-corrected chi connectivity index (χ4v) is 4.23. The van der Waals surface area contributed by atoms with E-state index in [1.807, 2.05) is 16.5 Å². The topological polar surface area (TPSA) is 98.9 Å². The Kier molecular flexibility index (Phi) is 6.12. The zero-order chi connectivity index (χ0) is 22.8. The maximum absolute atomic E-state index is 6.65. The van der Waals surface area contributed by atoms with Gasteiger partial charge >= 0.3 is 0 Å². The van der Waals surface area contributed by atoms with Gasteiger partial charge in [0.2, 0.25) is 5.95 Å². The van der Waals surface area contributed by atoms with Crippen LogP contribution in [0.5, 0.6) is 11.5 Å². The number of rotatable bonds is 7. The number of nitrogens with zero attached hydrogens (tertiary/aromatic N) is 6. The summed E-state index contributed by atoms with van der Waals surface area (Å²) in [6.07, 6.45) is 3.42. The molecule has 0 bridgehead atoms. The second-order valence-electron chi connectivity index (χ2n) is 7.63. The molecule has 0 amide bonds. The number of fused-ring (bicyclic) bond motifs is 3. The summed E-state index contributed by atoms with van der Waals surface area (Å²) in [5, 5.41) is 13.0. The fourth-order valence-electron chi connectivity index (χ4n) is 3.94. The number of ether oxygens (including phenoxy) is 3. The number of pyridine rings is 1. The van der Waals surface area contributed by atoms with E-state index in [-0.39, 0.29) is 0 Å². The third-order valence-corrected chi connectivity index (χ3v) is 6.08. The van der Waals surface area contributed by atoms with Gasteiger partial charge in [0.1, 0.15) is 17.8 Å². The van der Waals surface area contributed by atoms with Gasteiger partial charge in [0, 0.05) is 55.0 Å². The number of methoxy groups -OCH3 is 2. The van der Waals surface area contributed by atoms with Crippen LogP contribution in [0.25, 0.3) is 27.8 Å². The number of halogens is 1. The lowest BCUT2D eigenvalue weighted by atomic mass is 10.0. The average molecular weight is 470 g/mol. The summed E-state index contributed by atoms with van der Waals surface area (Å²) in [6, 6.07) is 5.55. The van der Waals surface area contributed by atoms with Gasteiger partial charge in [-0.3, -0.25) is 9.30 Å². The Morgan fingerprint density at radius 2 is 1.94 bits per heavy atom. The Labute approximate surface area is 195 Å². The fraction of sp³-hybridized carbons (Fsp3) is 0.364. The van der Waals surface area contributed by atoms with Crippen LogP contribution < -0.4 is 14.8 Å². The Bertz CT molecular complexity index is 1290. The van der Waals surface area contributed by atoms with Crippen molar-refractivity contribution in [2.75, 3.05) is 58.9 Å². The van der Waals surface area contributed by atoms with Crippen LogP contribution in [0.1, 0.15) is 0 Å². The van der Waals surface area contributed by atoms with Crippen LogP contribution in [-0.2, 0) is 4.74 Å². The van der Waals surface area contributed by atoms with Crippen molar-refractivity contribution < 1.29 is 14.2 Å². The van der Waals surface area contributed by atoms with E-state index in [1.54, 1.807) is 32.8 Å². The van der Waals surface area contributed by atoms with Crippen molar-refractivity contribution >= 4 is 34.2 Å². The number of anilines is 1. The Morgan fingerprint density at radius 3 is 2.73 bits per heavy atom. The normalized spacial score (nSPS) is 14.6. The lowest BCUT2D eigenvalue weighted by Crippen LogP contribution is -2.39. The number of nitrogens with one attached hydrogen (secondary N) is 1. The van der Waals surface area contributed by atoms with E-state index in [0.29, 0.717) is 33.8 Å². The number of hydrogen-bond acceptors (Lipinski definition) is 9. The van der Waals surface area contributed by atoms with E-state index in [9.17, 15) is 0 Å². The van der Waals surface area contributed by atoms with Crippen molar-refractivity contribution in [1.29, 1.82) is 0 Å². The third-order valence-electron chi connectivity index (χ3n) is 5.69. The molecule has 11 heteroatoms. The van der Waals surface area contributed by atoms with Gasteiger partial charge in [-0.2, -0.15) is 4.98 Å². The quantitative estimate of drug-likeness (QED) is 0.438. The molecule has 0 unspecified atom stereocenters. The van der Waals surface area contributed by atoms with E-state index in [1.165, 1.54) is 0 Å². The first-order valence-electron chi connectivity index (χ1n) is 10.6. The summed E-state index contributed by atoms with van der Waals surface area (Å²) in [5.74, 6) is 1.69. The number of hydrogen-bond donors (Lipinski definition) is 1. The van der Waals surface area contributed by atoms with Gasteiger partial charge < -0.3 is 19.5 Å². The molecule has 0 saturated carbocycles. The molecule has 0 aliphatic carbocycles. The summed E-state index contributed by atoms with van der Waals surface area (Å²) in [5.41, 5.74) is 2.82. The molecule has 1 fully saturated rings. The molecule has 0 radical (unpaired) electrons. The summed E-state index contributed by atoms with van der Waals surface area (Å²) in [7, 11) is 3.17. The van der Waals surface area contributed by atoms with Crippen molar-refractivity contribution in [3.05, 3.63) is 35.7 Å². The molecule has 4 heterocycles. The third kappa shape index (κ3) is 4.24. The zero-order valence-corrected chi connectivity index (χ0v) is 19.2. The second kappa shape index (κ2) is 9.34. The predicted molar refractivity (Wildman–Crippen MR) is 125 cm³/mol.